The fourth-order valence-corrected chi connectivity index (χ4v) is 2.28. The molecule has 0 fully saturated rings. The first-order chi connectivity index (χ1) is 8.22. The average molecular weight is 255 g/mol. The van der Waals surface area contributed by atoms with E-state index in [0.29, 0.717) is 19.2 Å². The van der Waals surface area contributed by atoms with Crippen LogP contribution in [0.15, 0.2) is 17.5 Å². The minimum atomic E-state index is -0.156. The van der Waals surface area contributed by atoms with Crippen molar-refractivity contribution in [2.75, 3.05) is 13.2 Å². The van der Waals surface area contributed by atoms with Crippen LogP contribution in [0.1, 0.15) is 31.6 Å². The van der Waals surface area contributed by atoms with Crippen molar-refractivity contribution in [1.82, 2.24) is 5.32 Å². The highest BCUT2D eigenvalue weighted by Crippen LogP contribution is 2.10. The molecule has 0 amide bonds. The van der Waals surface area contributed by atoms with Crippen LogP contribution < -0.4 is 5.32 Å². The molecule has 1 aromatic heterocycles. The number of hydrogen-bond donors (Lipinski definition) is 1. The van der Waals surface area contributed by atoms with Gasteiger partial charge in [-0.3, -0.25) is 4.79 Å². The normalized spacial score (nSPS) is 12.4. The zero-order chi connectivity index (χ0) is 12.5. The highest BCUT2D eigenvalue weighted by atomic mass is 32.1. The van der Waals surface area contributed by atoms with Crippen molar-refractivity contribution in [2.45, 2.75) is 39.2 Å². The lowest BCUT2D eigenvalue weighted by atomic mass is 10.2. The number of ether oxygens (including phenoxy) is 1. The van der Waals surface area contributed by atoms with Crippen molar-refractivity contribution in [3.05, 3.63) is 22.4 Å². The molecule has 96 valence electrons. The van der Waals surface area contributed by atoms with Crippen LogP contribution in [0.3, 0.4) is 0 Å². The van der Waals surface area contributed by atoms with Crippen LogP contribution in [0.5, 0.6) is 0 Å². The largest absolute Gasteiger partial charge is 0.465 e. The molecule has 0 aliphatic carbocycles. The minimum absolute atomic E-state index is 0.156. The van der Waals surface area contributed by atoms with Gasteiger partial charge in [0.1, 0.15) is 0 Å². The molecule has 1 unspecified atom stereocenters. The number of carbonyl (C=O) groups excluding carboxylic acids is 1. The van der Waals surface area contributed by atoms with Gasteiger partial charge in [-0.25, -0.2) is 0 Å². The van der Waals surface area contributed by atoms with Crippen molar-refractivity contribution in [1.29, 1.82) is 0 Å². The Balaban J connectivity index is 2.10. The first-order valence-corrected chi connectivity index (χ1v) is 7.01. The van der Waals surface area contributed by atoms with Gasteiger partial charge in [-0.2, -0.15) is 0 Å². The summed E-state index contributed by atoms with van der Waals surface area (Å²) < 4.78 is 5.07. The zero-order valence-corrected chi connectivity index (χ0v) is 11.4. The summed E-state index contributed by atoms with van der Waals surface area (Å²) in [5.41, 5.74) is 0. The second kappa shape index (κ2) is 8.25. The summed E-state index contributed by atoms with van der Waals surface area (Å²) in [7, 11) is 0. The Bertz CT molecular complexity index is 311. The fourth-order valence-electron chi connectivity index (χ4n) is 1.44. The van der Waals surface area contributed by atoms with Crippen molar-refractivity contribution >= 4 is 17.3 Å². The van der Waals surface area contributed by atoms with E-state index >= 15 is 0 Å². The van der Waals surface area contributed by atoms with Gasteiger partial charge in [-0.1, -0.05) is 19.4 Å². The van der Waals surface area contributed by atoms with Crippen molar-refractivity contribution in [3.63, 3.8) is 0 Å². The molecule has 3 nitrogen and oxygen atoms in total. The third-order valence-corrected chi connectivity index (χ3v) is 3.34. The highest BCUT2D eigenvalue weighted by molar-refractivity contribution is 7.09. The lowest BCUT2D eigenvalue weighted by Gasteiger charge is -2.12. The number of esters is 1. The lowest BCUT2D eigenvalue weighted by molar-refractivity contribution is -0.142. The van der Waals surface area contributed by atoms with Crippen LogP contribution in [0.2, 0.25) is 0 Å². The van der Waals surface area contributed by atoms with Gasteiger partial charge in [0.25, 0.3) is 0 Å². The van der Waals surface area contributed by atoms with Gasteiger partial charge in [0.15, 0.2) is 0 Å². The Morgan fingerprint density at radius 1 is 1.59 bits per heavy atom. The van der Waals surface area contributed by atoms with Crippen LogP contribution in [0, 0.1) is 0 Å². The van der Waals surface area contributed by atoms with Gasteiger partial charge >= 0.3 is 5.97 Å². The molecule has 0 aliphatic rings. The Morgan fingerprint density at radius 3 is 3.06 bits per heavy atom. The van der Waals surface area contributed by atoms with Crippen molar-refractivity contribution in [2.24, 2.45) is 0 Å². The van der Waals surface area contributed by atoms with E-state index < -0.39 is 0 Å². The Kier molecular flexibility index (Phi) is 6.89. The highest BCUT2D eigenvalue weighted by Gasteiger charge is 2.07. The van der Waals surface area contributed by atoms with E-state index in [2.05, 4.69) is 30.6 Å². The fraction of sp³-hybridized carbons (Fsp3) is 0.615. The summed E-state index contributed by atoms with van der Waals surface area (Å²) in [5.74, 6) is -0.156. The van der Waals surface area contributed by atoms with Crippen LogP contribution in [0.25, 0.3) is 0 Å². The Labute approximate surface area is 107 Å². The molecule has 17 heavy (non-hydrogen) atoms. The number of nitrogens with one attached hydrogen (secondary N) is 1. The lowest BCUT2D eigenvalue weighted by Crippen LogP contribution is -2.33. The number of rotatable bonds is 8. The molecule has 1 N–H and O–H groups in total. The zero-order valence-electron chi connectivity index (χ0n) is 10.6. The number of unbranched alkanes of at least 4 members (excludes halogenated alkanes) is 1. The van der Waals surface area contributed by atoms with E-state index in [-0.39, 0.29) is 5.97 Å². The molecule has 0 bridgehead atoms. The van der Waals surface area contributed by atoms with Crippen molar-refractivity contribution in [3.8, 4) is 0 Å². The average Bonchev–Trinajstić information content (AvgIpc) is 2.79. The first kappa shape index (κ1) is 14.2. The molecule has 0 aromatic carbocycles. The second-order valence-corrected chi connectivity index (χ2v) is 5.17. The third kappa shape index (κ3) is 6.44. The molecule has 0 radical (unpaired) electrons. The maximum atomic E-state index is 11.3. The van der Waals surface area contributed by atoms with Gasteiger partial charge in [0.05, 0.1) is 13.2 Å². The van der Waals surface area contributed by atoms with Crippen LogP contribution in [0.4, 0.5) is 0 Å². The van der Waals surface area contributed by atoms with Gasteiger partial charge in [0, 0.05) is 10.9 Å². The first-order valence-electron chi connectivity index (χ1n) is 6.13. The predicted octanol–water partition coefficient (Wildman–Crippen LogP) is 2.61. The minimum Gasteiger partial charge on any atom is -0.465 e. The predicted molar refractivity (Wildman–Crippen MR) is 71.4 cm³/mol. The van der Waals surface area contributed by atoms with Gasteiger partial charge in [-0.05, 0) is 31.2 Å². The molecule has 1 heterocycles. The second-order valence-electron chi connectivity index (χ2n) is 4.14. The van der Waals surface area contributed by atoms with Crippen LogP contribution in [-0.2, 0) is 16.0 Å². The molecule has 0 saturated carbocycles. The third-order valence-electron chi connectivity index (χ3n) is 2.44. The molecule has 4 heteroatoms. The van der Waals surface area contributed by atoms with E-state index in [9.17, 15) is 4.79 Å². The maximum Gasteiger partial charge on any atom is 0.319 e. The van der Waals surface area contributed by atoms with Gasteiger partial charge < -0.3 is 10.1 Å². The Hall–Kier alpha value is -0.870. The number of carbonyl (C=O) groups is 1. The molecular weight excluding hydrogens is 234 g/mol. The molecule has 0 spiro atoms. The maximum absolute atomic E-state index is 11.3. The molecular formula is C13H21NO2S. The van der Waals surface area contributed by atoms with Crippen molar-refractivity contribution < 1.29 is 9.53 Å². The molecule has 1 atom stereocenters. The number of thiophene rings is 1. The molecule has 1 rings (SSSR count). The summed E-state index contributed by atoms with van der Waals surface area (Å²) in [5, 5.41) is 5.25. The molecule has 0 aliphatic heterocycles. The number of hydrogen-bond acceptors (Lipinski definition) is 4. The Morgan fingerprint density at radius 2 is 2.41 bits per heavy atom. The standard InChI is InChI=1S/C13H21NO2S/c1-3-4-7-16-13(15)10-14-11(2)9-12-6-5-8-17-12/h5-6,8,11,14H,3-4,7,9-10H2,1-2H3. The topological polar surface area (TPSA) is 38.3 Å². The quantitative estimate of drug-likeness (QED) is 0.573. The van der Waals surface area contributed by atoms with E-state index in [1.807, 2.05) is 6.07 Å². The monoisotopic (exact) mass is 255 g/mol. The summed E-state index contributed by atoms with van der Waals surface area (Å²) in [4.78, 5) is 12.7. The van der Waals surface area contributed by atoms with Gasteiger partial charge in [-0.15, -0.1) is 11.3 Å². The van der Waals surface area contributed by atoms with E-state index in [4.69, 9.17) is 4.74 Å². The van der Waals surface area contributed by atoms with E-state index in [1.54, 1.807) is 11.3 Å². The summed E-state index contributed by atoms with van der Waals surface area (Å²) in [6, 6.07) is 4.46. The molecule has 0 saturated heterocycles. The van der Waals surface area contributed by atoms with E-state index in [0.717, 1.165) is 19.3 Å². The summed E-state index contributed by atoms with van der Waals surface area (Å²) in [6.07, 6.45) is 2.95. The van der Waals surface area contributed by atoms with Crippen LogP contribution >= 0.6 is 11.3 Å². The summed E-state index contributed by atoms with van der Waals surface area (Å²) in [6.45, 7) is 5.00. The SMILES string of the molecule is CCCCOC(=O)CNC(C)Cc1cccs1. The van der Waals surface area contributed by atoms with Gasteiger partial charge in [0.2, 0.25) is 0 Å². The smallest absolute Gasteiger partial charge is 0.319 e. The summed E-state index contributed by atoms with van der Waals surface area (Å²) >= 11 is 1.75. The van der Waals surface area contributed by atoms with E-state index in [1.165, 1.54) is 4.88 Å². The molecule has 1 aromatic rings. The van der Waals surface area contributed by atoms with Crippen LogP contribution in [-0.4, -0.2) is 25.2 Å².